The van der Waals surface area contributed by atoms with Crippen LogP contribution in [-0.4, -0.2) is 26.1 Å². The third-order valence-electron chi connectivity index (χ3n) is 5.28. The molecule has 7 heteroatoms. The molecular formula is C24H25F2N5. The summed E-state index contributed by atoms with van der Waals surface area (Å²) in [6.45, 7) is 1.36. The fourth-order valence-corrected chi connectivity index (χ4v) is 3.67. The summed E-state index contributed by atoms with van der Waals surface area (Å²) < 4.78 is 29.8. The van der Waals surface area contributed by atoms with E-state index in [9.17, 15) is 8.78 Å². The third kappa shape index (κ3) is 4.94. The molecule has 31 heavy (non-hydrogen) atoms. The summed E-state index contributed by atoms with van der Waals surface area (Å²) in [5, 5.41) is 0. The molecule has 0 bridgehead atoms. The summed E-state index contributed by atoms with van der Waals surface area (Å²) in [4.78, 5) is 13.8. The highest BCUT2D eigenvalue weighted by Gasteiger charge is 2.16. The maximum atomic E-state index is 13.9. The Morgan fingerprint density at radius 2 is 1.77 bits per heavy atom. The Labute approximate surface area is 180 Å². The number of nitrogens with zero attached hydrogens (tertiary/aromatic N) is 4. The number of unbranched alkanes of at least 4 members (excludes halogenated alkanes) is 2. The van der Waals surface area contributed by atoms with Gasteiger partial charge in [0.05, 0.1) is 6.20 Å². The Morgan fingerprint density at radius 3 is 2.58 bits per heavy atom. The molecule has 2 N–H and O–H groups in total. The molecule has 0 atom stereocenters. The van der Waals surface area contributed by atoms with Crippen molar-refractivity contribution in [3.63, 3.8) is 0 Å². The van der Waals surface area contributed by atoms with Crippen LogP contribution >= 0.6 is 0 Å². The molecule has 4 rings (SSSR count). The van der Waals surface area contributed by atoms with Crippen LogP contribution in [0.1, 0.15) is 30.7 Å². The Kier molecular flexibility index (Phi) is 6.62. The van der Waals surface area contributed by atoms with Crippen molar-refractivity contribution in [1.29, 1.82) is 0 Å². The lowest BCUT2D eigenvalue weighted by molar-refractivity contribution is 0.599. The highest BCUT2D eigenvalue weighted by Crippen LogP contribution is 2.25. The molecule has 4 aromatic rings. The Bertz CT molecular complexity index is 1170. The highest BCUT2D eigenvalue weighted by molar-refractivity contribution is 5.76. The van der Waals surface area contributed by atoms with Gasteiger partial charge in [-0.1, -0.05) is 36.8 Å². The number of rotatable bonds is 9. The molecule has 0 radical (unpaired) electrons. The van der Waals surface area contributed by atoms with Gasteiger partial charge in [0, 0.05) is 18.5 Å². The first-order valence-electron chi connectivity index (χ1n) is 10.6. The number of aryl methyl sites for hydroxylation is 3. The first kappa shape index (κ1) is 21.1. The van der Waals surface area contributed by atoms with E-state index in [1.807, 2.05) is 16.7 Å². The van der Waals surface area contributed by atoms with Gasteiger partial charge in [-0.2, -0.15) is 0 Å². The number of fused-ring (bicyclic) bond motifs is 1. The molecule has 0 amide bonds. The van der Waals surface area contributed by atoms with Crippen LogP contribution in [0.15, 0.2) is 54.7 Å². The van der Waals surface area contributed by atoms with E-state index in [4.69, 9.17) is 10.7 Å². The number of benzene rings is 2. The van der Waals surface area contributed by atoms with Gasteiger partial charge in [0.1, 0.15) is 28.8 Å². The van der Waals surface area contributed by atoms with Crippen molar-refractivity contribution < 1.29 is 8.78 Å². The average Bonchev–Trinajstić information content (AvgIpc) is 3.14. The number of imidazole rings is 1. The van der Waals surface area contributed by atoms with Gasteiger partial charge in [-0.25, -0.2) is 23.7 Å². The topological polar surface area (TPSA) is 69.6 Å². The predicted molar refractivity (Wildman–Crippen MR) is 117 cm³/mol. The lowest BCUT2D eigenvalue weighted by Gasteiger charge is -2.09. The van der Waals surface area contributed by atoms with Gasteiger partial charge in [-0.3, -0.25) is 0 Å². The maximum Gasteiger partial charge on any atom is 0.164 e. The lowest BCUT2D eigenvalue weighted by Crippen LogP contribution is -2.06. The number of hydrogen-bond acceptors (Lipinski definition) is 4. The molecule has 0 spiro atoms. The van der Waals surface area contributed by atoms with E-state index in [1.165, 1.54) is 18.2 Å². The van der Waals surface area contributed by atoms with Crippen LogP contribution in [-0.2, 0) is 19.4 Å². The summed E-state index contributed by atoms with van der Waals surface area (Å²) in [6.07, 6.45) is 5.58. The normalized spacial score (nSPS) is 11.3. The van der Waals surface area contributed by atoms with Crippen molar-refractivity contribution in [2.75, 3.05) is 6.54 Å². The molecule has 0 aliphatic rings. The van der Waals surface area contributed by atoms with Crippen molar-refractivity contribution in [2.24, 2.45) is 5.73 Å². The number of aromatic nitrogens is 4. The largest absolute Gasteiger partial charge is 0.330 e. The summed E-state index contributed by atoms with van der Waals surface area (Å²) in [6, 6.07) is 13.1. The van der Waals surface area contributed by atoms with Gasteiger partial charge in [0.2, 0.25) is 0 Å². The van der Waals surface area contributed by atoms with E-state index in [2.05, 4.69) is 9.97 Å². The van der Waals surface area contributed by atoms with Gasteiger partial charge in [0.15, 0.2) is 5.65 Å². The first-order chi connectivity index (χ1) is 15.2. The van der Waals surface area contributed by atoms with Crippen molar-refractivity contribution in [3.05, 3.63) is 77.8 Å². The molecule has 2 heterocycles. The average molecular weight is 421 g/mol. The second kappa shape index (κ2) is 9.75. The minimum Gasteiger partial charge on any atom is -0.330 e. The van der Waals surface area contributed by atoms with E-state index in [0.29, 0.717) is 59.9 Å². The van der Waals surface area contributed by atoms with Gasteiger partial charge in [-0.15, -0.1) is 0 Å². The lowest BCUT2D eigenvalue weighted by atomic mass is 10.1. The van der Waals surface area contributed by atoms with Crippen molar-refractivity contribution in [3.8, 4) is 11.4 Å². The molecular weight excluding hydrogens is 396 g/mol. The SMILES string of the molecule is NCCCCCn1c(-c2cccc(F)c2)nc2cnc(CCc3ccccc3F)nc21. The van der Waals surface area contributed by atoms with Gasteiger partial charge >= 0.3 is 0 Å². The minimum absolute atomic E-state index is 0.220. The van der Waals surface area contributed by atoms with Crippen molar-refractivity contribution in [2.45, 2.75) is 38.6 Å². The Morgan fingerprint density at radius 1 is 0.903 bits per heavy atom. The second-order valence-electron chi connectivity index (χ2n) is 7.53. The van der Waals surface area contributed by atoms with E-state index >= 15 is 0 Å². The number of nitrogens with two attached hydrogens (primary N) is 1. The summed E-state index contributed by atoms with van der Waals surface area (Å²) >= 11 is 0. The Balaban J connectivity index is 1.66. The molecule has 0 saturated heterocycles. The van der Waals surface area contributed by atoms with Crippen molar-refractivity contribution >= 4 is 11.2 Å². The second-order valence-corrected chi connectivity index (χ2v) is 7.53. The molecule has 2 aromatic carbocycles. The van der Waals surface area contributed by atoms with Crippen LogP contribution in [0, 0.1) is 11.6 Å². The first-order valence-corrected chi connectivity index (χ1v) is 10.6. The van der Waals surface area contributed by atoms with Crippen LogP contribution in [0.4, 0.5) is 8.78 Å². The van der Waals surface area contributed by atoms with Crippen LogP contribution in [0.25, 0.3) is 22.6 Å². The van der Waals surface area contributed by atoms with Crippen LogP contribution in [0.3, 0.4) is 0 Å². The summed E-state index contributed by atoms with van der Waals surface area (Å²) in [5.74, 6) is 0.769. The zero-order valence-electron chi connectivity index (χ0n) is 17.3. The zero-order chi connectivity index (χ0) is 21.6. The van der Waals surface area contributed by atoms with Gasteiger partial charge in [0.25, 0.3) is 0 Å². The quantitative estimate of drug-likeness (QED) is 0.398. The molecule has 0 unspecified atom stereocenters. The minimum atomic E-state index is -0.309. The molecule has 0 aliphatic carbocycles. The van der Waals surface area contributed by atoms with Crippen LogP contribution < -0.4 is 5.73 Å². The van der Waals surface area contributed by atoms with Crippen molar-refractivity contribution in [1.82, 2.24) is 19.5 Å². The van der Waals surface area contributed by atoms with E-state index < -0.39 is 0 Å². The number of halogens is 2. The zero-order valence-corrected chi connectivity index (χ0v) is 17.3. The summed E-state index contributed by atoms with van der Waals surface area (Å²) in [7, 11) is 0. The number of hydrogen-bond donors (Lipinski definition) is 1. The molecule has 2 aromatic heterocycles. The smallest absolute Gasteiger partial charge is 0.164 e. The molecule has 0 fully saturated rings. The maximum absolute atomic E-state index is 13.9. The van der Waals surface area contributed by atoms with Crippen LogP contribution in [0.2, 0.25) is 0 Å². The summed E-state index contributed by atoms with van der Waals surface area (Å²) in [5.41, 5.74) is 8.33. The fraction of sp³-hybridized carbons (Fsp3) is 0.292. The molecule has 5 nitrogen and oxygen atoms in total. The van der Waals surface area contributed by atoms with E-state index in [-0.39, 0.29) is 11.6 Å². The highest BCUT2D eigenvalue weighted by atomic mass is 19.1. The monoisotopic (exact) mass is 421 g/mol. The third-order valence-corrected chi connectivity index (χ3v) is 5.28. The molecule has 0 aliphatic heterocycles. The fourth-order valence-electron chi connectivity index (χ4n) is 3.67. The van der Waals surface area contributed by atoms with Gasteiger partial charge < -0.3 is 10.3 Å². The van der Waals surface area contributed by atoms with E-state index in [1.54, 1.807) is 24.4 Å². The van der Waals surface area contributed by atoms with Gasteiger partial charge in [-0.05, 0) is 49.6 Å². The molecule has 0 saturated carbocycles. The van der Waals surface area contributed by atoms with Crippen LogP contribution in [0.5, 0.6) is 0 Å². The van der Waals surface area contributed by atoms with E-state index in [0.717, 1.165) is 19.3 Å². The Hall–Kier alpha value is -3.19. The predicted octanol–water partition coefficient (Wildman–Crippen LogP) is 4.69. The molecule has 160 valence electrons. The standard InChI is InChI=1S/C24H25F2N5/c25-19-9-6-8-18(15-19)23-29-21-16-28-22(12-11-17-7-2-3-10-20(17)26)30-24(21)31(23)14-5-1-4-13-27/h2-3,6-10,15-16H,1,4-5,11-14,27H2.